The summed E-state index contributed by atoms with van der Waals surface area (Å²) in [5.74, 6) is 0.394. The molecule has 0 aliphatic carbocycles. The van der Waals surface area contributed by atoms with Gasteiger partial charge in [-0.05, 0) is 55.8 Å². The van der Waals surface area contributed by atoms with Gasteiger partial charge in [-0.1, -0.05) is 29.3 Å². The highest BCUT2D eigenvalue weighted by Gasteiger charge is 2.18. The summed E-state index contributed by atoms with van der Waals surface area (Å²) in [4.78, 5) is 12.2. The predicted octanol–water partition coefficient (Wildman–Crippen LogP) is 4.95. The summed E-state index contributed by atoms with van der Waals surface area (Å²) in [6.45, 7) is 3.64. The van der Waals surface area contributed by atoms with Gasteiger partial charge in [0.25, 0.3) is 0 Å². The van der Waals surface area contributed by atoms with E-state index in [0.717, 1.165) is 5.56 Å². The number of ketones is 1. The van der Waals surface area contributed by atoms with Gasteiger partial charge in [0, 0.05) is 10.6 Å². The lowest BCUT2D eigenvalue weighted by molar-refractivity contribution is 0.0818. The van der Waals surface area contributed by atoms with Crippen molar-refractivity contribution in [2.75, 3.05) is 0 Å². The lowest BCUT2D eigenvalue weighted by Crippen LogP contribution is -2.24. The standard InChI is InChI=1S/C16H14Cl2O2/c1-10-3-8-15(14(18)9-10)20-11(2)16(19)12-4-6-13(17)7-5-12/h3-9,11H,1-2H3. The predicted molar refractivity (Wildman–Crippen MR) is 82.1 cm³/mol. The first kappa shape index (κ1) is 14.9. The Bertz CT molecular complexity index is 621. The number of halogens is 2. The second-order valence-electron chi connectivity index (χ2n) is 4.57. The number of carbonyl (C=O) groups is 1. The molecule has 0 bridgehead atoms. The van der Waals surface area contributed by atoms with Crippen LogP contribution in [0.2, 0.25) is 10.0 Å². The molecule has 0 fully saturated rings. The first-order valence-electron chi connectivity index (χ1n) is 6.20. The Labute approximate surface area is 128 Å². The maximum atomic E-state index is 12.2. The molecule has 0 N–H and O–H groups in total. The molecule has 2 nitrogen and oxygen atoms in total. The average molecular weight is 309 g/mol. The van der Waals surface area contributed by atoms with Crippen LogP contribution in [0, 0.1) is 6.92 Å². The fourth-order valence-corrected chi connectivity index (χ4v) is 2.20. The van der Waals surface area contributed by atoms with Crippen molar-refractivity contribution in [3.63, 3.8) is 0 Å². The van der Waals surface area contributed by atoms with E-state index in [2.05, 4.69) is 0 Å². The van der Waals surface area contributed by atoms with Crippen LogP contribution in [-0.4, -0.2) is 11.9 Å². The van der Waals surface area contributed by atoms with Gasteiger partial charge in [-0.3, -0.25) is 4.79 Å². The minimum atomic E-state index is -0.614. The maximum absolute atomic E-state index is 12.2. The van der Waals surface area contributed by atoms with E-state index in [9.17, 15) is 4.79 Å². The smallest absolute Gasteiger partial charge is 0.202 e. The van der Waals surface area contributed by atoms with E-state index in [0.29, 0.717) is 21.4 Å². The highest BCUT2D eigenvalue weighted by molar-refractivity contribution is 6.32. The summed E-state index contributed by atoms with van der Waals surface area (Å²) in [5.41, 5.74) is 1.60. The van der Waals surface area contributed by atoms with Crippen LogP contribution in [0.1, 0.15) is 22.8 Å². The Balaban J connectivity index is 2.13. The van der Waals surface area contributed by atoms with Gasteiger partial charge in [-0.15, -0.1) is 0 Å². The van der Waals surface area contributed by atoms with Crippen molar-refractivity contribution in [2.24, 2.45) is 0 Å². The number of ether oxygens (including phenoxy) is 1. The molecular weight excluding hydrogens is 295 g/mol. The zero-order valence-electron chi connectivity index (χ0n) is 11.2. The van der Waals surface area contributed by atoms with Gasteiger partial charge in [0.05, 0.1) is 5.02 Å². The van der Waals surface area contributed by atoms with E-state index in [1.807, 2.05) is 13.0 Å². The van der Waals surface area contributed by atoms with Crippen molar-refractivity contribution in [1.29, 1.82) is 0 Å². The third kappa shape index (κ3) is 3.53. The van der Waals surface area contributed by atoms with Crippen LogP contribution >= 0.6 is 23.2 Å². The van der Waals surface area contributed by atoms with E-state index in [4.69, 9.17) is 27.9 Å². The second-order valence-corrected chi connectivity index (χ2v) is 5.41. The first-order valence-corrected chi connectivity index (χ1v) is 6.95. The van der Waals surface area contributed by atoms with Gasteiger partial charge in [0.2, 0.25) is 5.78 Å². The van der Waals surface area contributed by atoms with Crippen LogP contribution in [0.25, 0.3) is 0 Å². The van der Waals surface area contributed by atoms with Gasteiger partial charge >= 0.3 is 0 Å². The van der Waals surface area contributed by atoms with Crippen LogP contribution in [-0.2, 0) is 0 Å². The van der Waals surface area contributed by atoms with E-state index < -0.39 is 6.10 Å². The van der Waals surface area contributed by atoms with E-state index in [1.165, 1.54) is 0 Å². The average Bonchev–Trinajstić information content (AvgIpc) is 2.42. The number of benzene rings is 2. The molecule has 0 aromatic heterocycles. The molecule has 2 rings (SSSR count). The van der Waals surface area contributed by atoms with Crippen LogP contribution in [0.3, 0.4) is 0 Å². The second kappa shape index (κ2) is 6.29. The molecule has 1 atom stereocenters. The van der Waals surface area contributed by atoms with Crippen LogP contribution in [0.15, 0.2) is 42.5 Å². The fraction of sp³-hybridized carbons (Fsp3) is 0.188. The van der Waals surface area contributed by atoms with Crippen molar-refractivity contribution >= 4 is 29.0 Å². The van der Waals surface area contributed by atoms with Crippen LogP contribution < -0.4 is 4.74 Å². The maximum Gasteiger partial charge on any atom is 0.202 e. The zero-order chi connectivity index (χ0) is 14.7. The Morgan fingerprint density at radius 3 is 2.35 bits per heavy atom. The summed E-state index contributed by atoms with van der Waals surface area (Å²) in [6, 6.07) is 12.2. The highest BCUT2D eigenvalue weighted by atomic mass is 35.5. The topological polar surface area (TPSA) is 26.3 Å². The molecule has 20 heavy (non-hydrogen) atoms. The molecule has 2 aromatic carbocycles. The molecule has 0 amide bonds. The van der Waals surface area contributed by atoms with Crippen molar-refractivity contribution in [3.8, 4) is 5.75 Å². The van der Waals surface area contributed by atoms with Gasteiger partial charge in [0.15, 0.2) is 6.10 Å². The van der Waals surface area contributed by atoms with Crippen molar-refractivity contribution in [1.82, 2.24) is 0 Å². The number of carbonyl (C=O) groups excluding carboxylic acids is 1. The molecule has 0 aliphatic heterocycles. The Morgan fingerprint density at radius 1 is 1.10 bits per heavy atom. The molecule has 0 saturated heterocycles. The molecule has 0 saturated carbocycles. The number of hydrogen-bond acceptors (Lipinski definition) is 2. The molecule has 0 radical (unpaired) electrons. The van der Waals surface area contributed by atoms with Gasteiger partial charge < -0.3 is 4.74 Å². The number of rotatable bonds is 4. The normalized spacial score (nSPS) is 12.0. The monoisotopic (exact) mass is 308 g/mol. The fourth-order valence-electron chi connectivity index (χ4n) is 1.79. The van der Waals surface area contributed by atoms with Crippen molar-refractivity contribution < 1.29 is 9.53 Å². The minimum Gasteiger partial charge on any atom is -0.481 e. The summed E-state index contributed by atoms with van der Waals surface area (Å²) in [6.07, 6.45) is -0.614. The molecule has 0 heterocycles. The Hall–Kier alpha value is -1.51. The molecule has 104 valence electrons. The van der Waals surface area contributed by atoms with E-state index in [1.54, 1.807) is 43.3 Å². The molecule has 4 heteroatoms. The zero-order valence-corrected chi connectivity index (χ0v) is 12.7. The van der Waals surface area contributed by atoms with Crippen molar-refractivity contribution in [2.45, 2.75) is 20.0 Å². The van der Waals surface area contributed by atoms with E-state index >= 15 is 0 Å². The SMILES string of the molecule is Cc1ccc(OC(C)C(=O)c2ccc(Cl)cc2)c(Cl)c1. The quantitative estimate of drug-likeness (QED) is 0.747. The van der Waals surface area contributed by atoms with Gasteiger partial charge in [-0.2, -0.15) is 0 Å². The largest absolute Gasteiger partial charge is 0.481 e. The highest BCUT2D eigenvalue weighted by Crippen LogP contribution is 2.26. The molecule has 0 aliphatic rings. The van der Waals surface area contributed by atoms with Gasteiger partial charge in [0.1, 0.15) is 5.75 Å². The third-order valence-electron chi connectivity index (χ3n) is 2.89. The first-order chi connectivity index (χ1) is 9.47. The number of hydrogen-bond donors (Lipinski definition) is 0. The summed E-state index contributed by atoms with van der Waals surface area (Å²) in [5, 5.41) is 1.09. The van der Waals surface area contributed by atoms with Crippen molar-refractivity contribution in [3.05, 3.63) is 63.6 Å². The third-order valence-corrected chi connectivity index (χ3v) is 3.44. The lowest BCUT2D eigenvalue weighted by Gasteiger charge is -2.15. The molecule has 0 spiro atoms. The molecule has 1 unspecified atom stereocenters. The van der Waals surface area contributed by atoms with Crippen LogP contribution in [0.5, 0.6) is 5.75 Å². The Morgan fingerprint density at radius 2 is 1.75 bits per heavy atom. The number of aryl methyl sites for hydroxylation is 1. The van der Waals surface area contributed by atoms with Gasteiger partial charge in [-0.25, -0.2) is 0 Å². The lowest BCUT2D eigenvalue weighted by atomic mass is 10.1. The molecule has 2 aromatic rings. The Kier molecular flexibility index (Phi) is 4.69. The summed E-state index contributed by atoms with van der Waals surface area (Å²) < 4.78 is 5.63. The minimum absolute atomic E-state index is 0.113. The van der Waals surface area contributed by atoms with Crippen LogP contribution in [0.4, 0.5) is 0 Å². The van der Waals surface area contributed by atoms with E-state index in [-0.39, 0.29) is 5.78 Å². The summed E-state index contributed by atoms with van der Waals surface area (Å²) >= 11 is 11.9. The molecular formula is C16H14Cl2O2. The summed E-state index contributed by atoms with van der Waals surface area (Å²) in [7, 11) is 0. The number of Topliss-reactive ketones (excluding diaryl/α,β-unsaturated/α-hetero) is 1.